The fraction of sp³-hybridized carbons (Fsp3) is 0.333. The van der Waals surface area contributed by atoms with Crippen molar-refractivity contribution >= 4 is 11.3 Å². The third-order valence-electron chi connectivity index (χ3n) is 3.01. The minimum atomic E-state index is -0.444. The molecule has 0 fully saturated rings. The third kappa shape index (κ3) is 3.16. The summed E-state index contributed by atoms with van der Waals surface area (Å²) in [7, 11) is 1.57. The second kappa shape index (κ2) is 6.81. The molecule has 1 unspecified atom stereocenters. The highest BCUT2D eigenvalue weighted by Crippen LogP contribution is 2.35. The first-order valence-corrected chi connectivity index (χ1v) is 7.35. The van der Waals surface area contributed by atoms with Gasteiger partial charge in [-0.15, -0.1) is 11.3 Å². The predicted molar refractivity (Wildman–Crippen MR) is 77.4 cm³/mol. The number of methoxy groups -OCH3 is 1. The van der Waals surface area contributed by atoms with Crippen LogP contribution in [0.1, 0.15) is 29.8 Å². The van der Waals surface area contributed by atoms with Gasteiger partial charge in [0.2, 0.25) is 0 Å². The Labute approximate surface area is 121 Å². The first-order valence-electron chi connectivity index (χ1n) is 6.47. The molecule has 20 heavy (non-hydrogen) atoms. The average molecular weight is 297 g/mol. The molecule has 2 rings (SSSR count). The molecule has 2 aromatic rings. The van der Waals surface area contributed by atoms with E-state index in [9.17, 15) is 8.78 Å². The number of thiophene rings is 1. The van der Waals surface area contributed by atoms with Crippen LogP contribution in [0.2, 0.25) is 0 Å². The molecule has 0 radical (unpaired) electrons. The maximum atomic E-state index is 14.0. The van der Waals surface area contributed by atoms with Crippen LogP contribution in [0.15, 0.2) is 29.6 Å². The van der Waals surface area contributed by atoms with E-state index in [1.54, 1.807) is 7.11 Å². The Morgan fingerprint density at radius 1 is 1.30 bits per heavy atom. The molecule has 108 valence electrons. The van der Waals surface area contributed by atoms with Gasteiger partial charge in [-0.1, -0.05) is 6.92 Å². The van der Waals surface area contributed by atoms with E-state index < -0.39 is 17.7 Å². The van der Waals surface area contributed by atoms with Gasteiger partial charge in [-0.2, -0.15) is 0 Å². The molecule has 0 aliphatic rings. The highest BCUT2D eigenvalue weighted by molar-refractivity contribution is 7.10. The van der Waals surface area contributed by atoms with Gasteiger partial charge < -0.3 is 10.1 Å². The molecule has 0 spiro atoms. The van der Waals surface area contributed by atoms with E-state index in [0.29, 0.717) is 17.9 Å². The van der Waals surface area contributed by atoms with Crippen molar-refractivity contribution in [2.75, 3.05) is 13.7 Å². The molecule has 1 heterocycles. The molecule has 5 heteroatoms. The topological polar surface area (TPSA) is 21.3 Å². The van der Waals surface area contributed by atoms with E-state index in [0.717, 1.165) is 23.4 Å². The maximum absolute atomic E-state index is 14.0. The number of hydrogen-bond acceptors (Lipinski definition) is 3. The Hall–Kier alpha value is -1.46. The fourth-order valence-corrected chi connectivity index (χ4v) is 3.01. The van der Waals surface area contributed by atoms with Crippen molar-refractivity contribution in [1.29, 1.82) is 0 Å². The Morgan fingerprint density at radius 3 is 2.80 bits per heavy atom. The molecule has 1 aromatic carbocycles. The molecule has 2 nitrogen and oxygen atoms in total. The predicted octanol–water partition coefficient (Wildman–Crippen LogP) is 4.12. The largest absolute Gasteiger partial charge is 0.496 e. The molecule has 0 bridgehead atoms. The smallest absolute Gasteiger partial charge is 0.134 e. The van der Waals surface area contributed by atoms with Crippen LogP contribution in [0.3, 0.4) is 0 Å². The summed E-state index contributed by atoms with van der Waals surface area (Å²) in [4.78, 5) is 0.852. The SMILES string of the molecule is CCCNC(c1cc(F)ccc1F)c1sccc1OC. The molecule has 1 atom stereocenters. The summed E-state index contributed by atoms with van der Waals surface area (Å²) < 4.78 is 32.8. The van der Waals surface area contributed by atoms with E-state index in [1.807, 2.05) is 18.4 Å². The molecule has 1 aromatic heterocycles. The van der Waals surface area contributed by atoms with Crippen LogP contribution in [0.4, 0.5) is 8.78 Å². The zero-order valence-corrected chi connectivity index (χ0v) is 12.3. The molecule has 1 N–H and O–H groups in total. The summed E-state index contributed by atoms with van der Waals surface area (Å²) >= 11 is 1.47. The second-order valence-electron chi connectivity index (χ2n) is 4.41. The van der Waals surface area contributed by atoms with Crippen molar-refractivity contribution in [3.05, 3.63) is 51.7 Å². The van der Waals surface area contributed by atoms with Gasteiger partial charge in [-0.05, 0) is 42.6 Å². The molecular formula is C15H17F2NOS. The average Bonchev–Trinajstić information content (AvgIpc) is 2.91. The van der Waals surface area contributed by atoms with E-state index in [4.69, 9.17) is 4.74 Å². The van der Waals surface area contributed by atoms with Gasteiger partial charge in [0, 0.05) is 5.56 Å². The summed E-state index contributed by atoms with van der Waals surface area (Å²) in [6.45, 7) is 2.74. The fourth-order valence-electron chi connectivity index (χ4n) is 2.06. The number of halogens is 2. The highest BCUT2D eigenvalue weighted by Gasteiger charge is 2.22. The van der Waals surface area contributed by atoms with Crippen LogP contribution in [0.25, 0.3) is 0 Å². The Kier molecular flexibility index (Phi) is 5.09. The summed E-state index contributed by atoms with van der Waals surface area (Å²) in [5.41, 5.74) is 0.305. The monoisotopic (exact) mass is 297 g/mol. The van der Waals surface area contributed by atoms with Gasteiger partial charge >= 0.3 is 0 Å². The lowest BCUT2D eigenvalue weighted by Gasteiger charge is -2.19. The zero-order valence-electron chi connectivity index (χ0n) is 11.5. The van der Waals surface area contributed by atoms with E-state index >= 15 is 0 Å². The standard InChI is InChI=1S/C15H17F2NOS/c1-3-7-18-14(15-13(19-2)6-8-20-15)11-9-10(16)4-5-12(11)17/h4-6,8-9,14,18H,3,7H2,1-2H3. The van der Waals surface area contributed by atoms with Gasteiger partial charge in [0.25, 0.3) is 0 Å². The van der Waals surface area contributed by atoms with Gasteiger partial charge in [0.1, 0.15) is 17.4 Å². The first kappa shape index (κ1) is 14.9. The lowest BCUT2D eigenvalue weighted by molar-refractivity contribution is 0.406. The lowest BCUT2D eigenvalue weighted by atomic mass is 10.0. The van der Waals surface area contributed by atoms with E-state index in [-0.39, 0.29) is 0 Å². The van der Waals surface area contributed by atoms with Crippen LogP contribution >= 0.6 is 11.3 Å². The summed E-state index contributed by atoms with van der Waals surface area (Å²) in [6.07, 6.45) is 0.904. The van der Waals surface area contributed by atoms with Crippen molar-refractivity contribution < 1.29 is 13.5 Å². The normalized spacial score (nSPS) is 12.4. The minimum Gasteiger partial charge on any atom is -0.496 e. The first-order chi connectivity index (χ1) is 9.67. The van der Waals surface area contributed by atoms with E-state index in [1.165, 1.54) is 17.4 Å². The molecule has 0 saturated heterocycles. The third-order valence-corrected chi connectivity index (χ3v) is 3.97. The molecule has 0 saturated carbocycles. The van der Waals surface area contributed by atoms with Crippen molar-refractivity contribution in [1.82, 2.24) is 5.32 Å². The molecule has 0 aliphatic carbocycles. The van der Waals surface area contributed by atoms with Crippen LogP contribution in [0, 0.1) is 11.6 Å². The Balaban J connectivity index is 2.44. The minimum absolute atomic E-state index is 0.305. The summed E-state index contributed by atoms with van der Waals surface area (Å²) in [5, 5.41) is 5.14. The molecular weight excluding hydrogens is 280 g/mol. The molecule has 0 amide bonds. The van der Waals surface area contributed by atoms with Gasteiger partial charge in [-0.25, -0.2) is 8.78 Å². The van der Waals surface area contributed by atoms with Crippen LogP contribution in [-0.4, -0.2) is 13.7 Å². The number of nitrogens with one attached hydrogen (secondary N) is 1. The number of hydrogen-bond donors (Lipinski definition) is 1. The van der Waals surface area contributed by atoms with Crippen LogP contribution in [0.5, 0.6) is 5.75 Å². The van der Waals surface area contributed by atoms with Crippen LogP contribution < -0.4 is 10.1 Å². The summed E-state index contributed by atoms with van der Waals surface area (Å²) in [5.74, 6) is -0.178. The Morgan fingerprint density at radius 2 is 2.10 bits per heavy atom. The van der Waals surface area contributed by atoms with Crippen molar-refractivity contribution in [2.24, 2.45) is 0 Å². The lowest BCUT2D eigenvalue weighted by Crippen LogP contribution is -2.24. The zero-order chi connectivity index (χ0) is 14.5. The quantitative estimate of drug-likeness (QED) is 0.866. The van der Waals surface area contributed by atoms with Gasteiger partial charge in [0.05, 0.1) is 18.0 Å². The Bertz CT molecular complexity index is 571. The van der Waals surface area contributed by atoms with E-state index in [2.05, 4.69) is 5.32 Å². The summed E-state index contributed by atoms with van der Waals surface area (Å²) in [6, 6.07) is 4.95. The van der Waals surface area contributed by atoms with Crippen molar-refractivity contribution in [2.45, 2.75) is 19.4 Å². The molecule has 0 aliphatic heterocycles. The highest BCUT2D eigenvalue weighted by atomic mass is 32.1. The number of ether oxygens (including phenoxy) is 1. The number of rotatable bonds is 6. The second-order valence-corrected chi connectivity index (χ2v) is 5.35. The van der Waals surface area contributed by atoms with Crippen molar-refractivity contribution in [3.8, 4) is 5.75 Å². The maximum Gasteiger partial charge on any atom is 0.134 e. The van der Waals surface area contributed by atoms with Gasteiger partial charge in [-0.3, -0.25) is 0 Å². The number of benzene rings is 1. The van der Waals surface area contributed by atoms with Gasteiger partial charge in [0.15, 0.2) is 0 Å². The van der Waals surface area contributed by atoms with Crippen molar-refractivity contribution in [3.63, 3.8) is 0 Å². The van der Waals surface area contributed by atoms with Crippen LogP contribution in [-0.2, 0) is 0 Å².